The van der Waals surface area contributed by atoms with Gasteiger partial charge in [0.05, 0.1) is 11.6 Å². The number of nitrogens with zero attached hydrogens (tertiary/aromatic N) is 4. The quantitative estimate of drug-likeness (QED) is 0.171. The summed E-state index contributed by atoms with van der Waals surface area (Å²) in [6.45, 7) is 4.60. The monoisotopic (exact) mass is 728 g/mol. The lowest BCUT2D eigenvalue weighted by Gasteiger charge is -2.21. The highest BCUT2D eigenvalue weighted by atomic mass is 15.0. The summed E-state index contributed by atoms with van der Waals surface area (Å²) in [6, 6.07) is 65.6. The molecule has 0 bridgehead atoms. The number of fused-ring (bicyclic) bond motifs is 4. The first-order valence-electron chi connectivity index (χ1n) is 19.2. The van der Waals surface area contributed by atoms with E-state index >= 15 is 0 Å². The molecule has 1 aliphatic carbocycles. The van der Waals surface area contributed by atoms with E-state index in [1.807, 2.05) is 72.8 Å². The van der Waals surface area contributed by atoms with Gasteiger partial charge in [-0.25, -0.2) is 15.0 Å². The van der Waals surface area contributed by atoms with Crippen LogP contribution >= 0.6 is 0 Å². The summed E-state index contributed by atoms with van der Waals surface area (Å²) in [4.78, 5) is 14.7. The highest BCUT2D eigenvalue weighted by Gasteiger charge is 2.36. The molecular weight excluding hydrogens is 693 g/mol. The van der Waals surface area contributed by atoms with Gasteiger partial charge in [-0.3, -0.25) is 0 Å². The predicted molar refractivity (Wildman–Crippen MR) is 232 cm³/mol. The summed E-state index contributed by atoms with van der Waals surface area (Å²) in [5.74, 6) is 1.90. The van der Waals surface area contributed by atoms with E-state index in [-0.39, 0.29) is 5.41 Å². The molecule has 8 aromatic carbocycles. The maximum atomic E-state index is 10.3. The van der Waals surface area contributed by atoms with Crippen molar-refractivity contribution in [1.29, 1.82) is 5.26 Å². The molecule has 268 valence electrons. The molecule has 10 rings (SSSR count). The molecule has 4 heteroatoms. The average Bonchev–Trinajstić information content (AvgIpc) is 3.52. The van der Waals surface area contributed by atoms with Crippen LogP contribution < -0.4 is 0 Å². The molecule has 0 atom stereocenters. The van der Waals surface area contributed by atoms with Gasteiger partial charge in [-0.05, 0) is 84.6 Å². The molecule has 0 spiro atoms. The van der Waals surface area contributed by atoms with Crippen LogP contribution in [0.3, 0.4) is 0 Å². The zero-order valence-corrected chi connectivity index (χ0v) is 31.6. The molecule has 4 nitrogen and oxygen atoms in total. The fraction of sp³-hybridized carbons (Fsp3) is 0.0566. The third-order valence-corrected chi connectivity index (χ3v) is 11.4. The average molecular weight is 729 g/mol. The van der Waals surface area contributed by atoms with Gasteiger partial charge in [0.15, 0.2) is 17.5 Å². The molecule has 0 fully saturated rings. The van der Waals surface area contributed by atoms with Gasteiger partial charge >= 0.3 is 0 Å². The fourth-order valence-corrected chi connectivity index (χ4v) is 8.54. The molecule has 0 N–H and O–H groups in total. The van der Waals surface area contributed by atoms with Crippen LogP contribution in [0.2, 0.25) is 0 Å². The molecular formula is C53H36N4. The lowest BCUT2D eigenvalue weighted by Crippen LogP contribution is -2.14. The molecule has 0 saturated carbocycles. The highest BCUT2D eigenvalue weighted by molar-refractivity contribution is 6.05. The summed E-state index contributed by atoms with van der Waals surface area (Å²) in [5.41, 5.74) is 15.0. The van der Waals surface area contributed by atoms with E-state index in [1.165, 1.54) is 22.3 Å². The van der Waals surface area contributed by atoms with Crippen LogP contribution in [0.5, 0.6) is 0 Å². The zero-order valence-electron chi connectivity index (χ0n) is 31.6. The maximum Gasteiger partial charge on any atom is 0.164 e. The minimum absolute atomic E-state index is 0.108. The second-order valence-corrected chi connectivity index (χ2v) is 15.1. The van der Waals surface area contributed by atoms with Gasteiger partial charge in [-0.2, -0.15) is 5.26 Å². The van der Waals surface area contributed by atoms with Gasteiger partial charge in [-0.15, -0.1) is 0 Å². The normalized spacial score (nSPS) is 12.5. The fourth-order valence-electron chi connectivity index (χ4n) is 8.54. The van der Waals surface area contributed by atoms with Crippen molar-refractivity contribution in [2.24, 2.45) is 0 Å². The highest BCUT2D eigenvalue weighted by Crippen LogP contribution is 2.52. The van der Waals surface area contributed by atoms with Crippen molar-refractivity contribution in [1.82, 2.24) is 15.0 Å². The first kappa shape index (κ1) is 34.0. The molecule has 1 aliphatic rings. The minimum atomic E-state index is -0.108. The van der Waals surface area contributed by atoms with Crippen molar-refractivity contribution in [3.8, 4) is 84.7 Å². The molecule has 0 saturated heterocycles. The third kappa shape index (κ3) is 5.89. The molecule has 1 aromatic heterocycles. The minimum Gasteiger partial charge on any atom is -0.208 e. The Morgan fingerprint density at radius 3 is 1.44 bits per heavy atom. The van der Waals surface area contributed by atoms with Crippen LogP contribution in [0, 0.1) is 11.3 Å². The van der Waals surface area contributed by atoms with Crippen LogP contribution in [0.1, 0.15) is 30.5 Å². The third-order valence-electron chi connectivity index (χ3n) is 11.4. The summed E-state index contributed by atoms with van der Waals surface area (Å²) in [7, 11) is 0. The zero-order chi connectivity index (χ0) is 38.5. The molecule has 0 amide bonds. The molecule has 0 aliphatic heterocycles. The number of hydrogen-bond donors (Lipinski definition) is 0. The number of aromatic nitrogens is 3. The van der Waals surface area contributed by atoms with Crippen LogP contribution in [-0.2, 0) is 5.41 Å². The van der Waals surface area contributed by atoms with E-state index in [2.05, 4.69) is 129 Å². The first-order chi connectivity index (χ1) is 28.0. The second-order valence-electron chi connectivity index (χ2n) is 15.1. The summed E-state index contributed by atoms with van der Waals surface area (Å²) >= 11 is 0. The van der Waals surface area contributed by atoms with E-state index < -0.39 is 0 Å². The summed E-state index contributed by atoms with van der Waals surface area (Å²) < 4.78 is 0. The Kier molecular flexibility index (Phi) is 8.17. The van der Waals surface area contributed by atoms with Gasteiger partial charge in [0.25, 0.3) is 0 Å². The molecule has 1 heterocycles. The van der Waals surface area contributed by atoms with Gasteiger partial charge in [0.1, 0.15) is 0 Å². The van der Waals surface area contributed by atoms with Gasteiger partial charge in [0, 0.05) is 22.1 Å². The Morgan fingerprint density at radius 1 is 0.386 bits per heavy atom. The largest absolute Gasteiger partial charge is 0.208 e. The second kappa shape index (κ2) is 13.7. The summed E-state index contributed by atoms with van der Waals surface area (Å²) in [6.07, 6.45) is 0. The van der Waals surface area contributed by atoms with E-state index in [9.17, 15) is 5.26 Å². The number of benzene rings is 8. The van der Waals surface area contributed by atoms with E-state index in [0.29, 0.717) is 23.0 Å². The van der Waals surface area contributed by atoms with Crippen LogP contribution in [0.25, 0.3) is 89.4 Å². The van der Waals surface area contributed by atoms with Crippen molar-refractivity contribution >= 4 is 10.8 Å². The van der Waals surface area contributed by atoms with Crippen molar-refractivity contribution in [3.05, 3.63) is 199 Å². The Morgan fingerprint density at radius 2 is 0.842 bits per heavy atom. The Labute approximate surface area is 332 Å². The van der Waals surface area contributed by atoms with Crippen molar-refractivity contribution in [2.75, 3.05) is 0 Å². The number of rotatable bonds is 6. The van der Waals surface area contributed by atoms with E-state index in [4.69, 9.17) is 15.0 Å². The Balaban J connectivity index is 1.05. The Bertz CT molecular complexity index is 2970. The SMILES string of the molecule is CC1(C)c2ccccc2-c2c(-c3cc(C#N)cc(-c4ccc(-c5ccc(-c6nc(-c7ccccc7)nc(-c7ccccc7)n6)cc5)c5ccccc45)c3)cccc21. The standard InChI is InChI=1S/C53H36N4/c1-53(2)47-22-12-11-20-46(47)49-43(21-13-23-48(49)53)40-31-34(33-54)30-39(32-40)42-29-28-41(44-18-9-10-19-45(42)44)35-24-26-38(27-25-35)52-56-50(36-14-5-3-6-15-36)55-51(57-52)37-16-7-4-8-17-37/h3-32H,1-2H3. The summed E-state index contributed by atoms with van der Waals surface area (Å²) in [5, 5.41) is 12.6. The van der Waals surface area contributed by atoms with Gasteiger partial charge < -0.3 is 0 Å². The smallest absolute Gasteiger partial charge is 0.164 e. The van der Waals surface area contributed by atoms with Gasteiger partial charge in [0.2, 0.25) is 0 Å². The van der Waals surface area contributed by atoms with E-state index in [0.717, 1.165) is 60.8 Å². The maximum absolute atomic E-state index is 10.3. The van der Waals surface area contributed by atoms with Crippen LogP contribution in [0.4, 0.5) is 0 Å². The Hall–Kier alpha value is -7.48. The topological polar surface area (TPSA) is 62.5 Å². The van der Waals surface area contributed by atoms with Crippen molar-refractivity contribution in [2.45, 2.75) is 19.3 Å². The predicted octanol–water partition coefficient (Wildman–Crippen LogP) is 13.2. The van der Waals surface area contributed by atoms with Crippen molar-refractivity contribution in [3.63, 3.8) is 0 Å². The van der Waals surface area contributed by atoms with Gasteiger partial charge in [-0.1, -0.05) is 178 Å². The molecule has 0 radical (unpaired) electrons. The molecule has 9 aromatic rings. The van der Waals surface area contributed by atoms with Crippen LogP contribution in [-0.4, -0.2) is 15.0 Å². The molecule has 0 unspecified atom stereocenters. The lowest BCUT2D eigenvalue weighted by atomic mass is 9.82. The van der Waals surface area contributed by atoms with E-state index in [1.54, 1.807) is 0 Å². The number of hydrogen-bond acceptors (Lipinski definition) is 4. The van der Waals surface area contributed by atoms with Crippen LogP contribution in [0.15, 0.2) is 182 Å². The van der Waals surface area contributed by atoms with Crippen molar-refractivity contribution < 1.29 is 0 Å². The molecule has 57 heavy (non-hydrogen) atoms. The number of nitriles is 1. The lowest BCUT2D eigenvalue weighted by molar-refractivity contribution is 0.660. The first-order valence-corrected chi connectivity index (χ1v) is 19.2.